The fourth-order valence-corrected chi connectivity index (χ4v) is 5.43. The number of rotatable bonds is 12. The first-order chi connectivity index (χ1) is 13.8. The van der Waals surface area contributed by atoms with E-state index in [0.717, 1.165) is 32.1 Å². The molecule has 0 aromatic carbocycles. The summed E-state index contributed by atoms with van der Waals surface area (Å²) in [7, 11) is 1.41. The number of halogens is 1. The van der Waals surface area contributed by atoms with Gasteiger partial charge in [0.25, 0.3) is 0 Å². The van der Waals surface area contributed by atoms with E-state index < -0.39 is 12.2 Å². The van der Waals surface area contributed by atoms with Gasteiger partial charge < -0.3 is 19.7 Å². The van der Waals surface area contributed by atoms with E-state index in [2.05, 4.69) is 29.8 Å². The van der Waals surface area contributed by atoms with Crippen LogP contribution in [0.4, 0.5) is 0 Å². The second kappa shape index (κ2) is 12.4. The van der Waals surface area contributed by atoms with E-state index in [0.29, 0.717) is 18.8 Å². The molecule has 6 heteroatoms. The first-order valence-corrected chi connectivity index (χ1v) is 12.2. The van der Waals surface area contributed by atoms with Gasteiger partial charge in [-0.1, -0.05) is 61.2 Å². The van der Waals surface area contributed by atoms with Gasteiger partial charge in [0, 0.05) is 23.6 Å². The van der Waals surface area contributed by atoms with Crippen molar-refractivity contribution in [2.24, 2.45) is 17.8 Å². The van der Waals surface area contributed by atoms with Crippen LogP contribution < -0.4 is 0 Å². The number of aliphatic hydroxyl groups excluding tert-OH is 2. The van der Waals surface area contributed by atoms with Crippen LogP contribution in [-0.2, 0) is 14.3 Å². The van der Waals surface area contributed by atoms with E-state index in [1.54, 1.807) is 0 Å². The van der Waals surface area contributed by atoms with Crippen molar-refractivity contribution >= 4 is 21.9 Å². The van der Waals surface area contributed by atoms with Crippen molar-refractivity contribution in [1.29, 1.82) is 0 Å². The van der Waals surface area contributed by atoms with Crippen LogP contribution in [-0.4, -0.2) is 52.5 Å². The summed E-state index contributed by atoms with van der Waals surface area (Å²) in [5.41, 5.74) is 0. The van der Waals surface area contributed by atoms with Crippen molar-refractivity contribution in [2.75, 3.05) is 7.11 Å². The summed E-state index contributed by atoms with van der Waals surface area (Å²) in [4.78, 5) is 11.5. The Morgan fingerprint density at radius 3 is 2.76 bits per heavy atom. The third-order valence-electron chi connectivity index (χ3n) is 6.49. The molecular weight excluding hydrogens is 436 g/mol. The number of alkyl halides is 1. The third-order valence-corrected chi connectivity index (χ3v) is 7.53. The maximum absolute atomic E-state index is 11.3. The Hall–Kier alpha value is -0.430. The molecule has 0 radical (unpaired) electrons. The Morgan fingerprint density at radius 1 is 1.31 bits per heavy atom. The van der Waals surface area contributed by atoms with Gasteiger partial charge in [0.1, 0.15) is 0 Å². The third kappa shape index (κ3) is 7.64. The molecule has 1 aliphatic heterocycles. The molecule has 2 rings (SSSR count). The van der Waals surface area contributed by atoms with Gasteiger partial charge >= 0.3 is 5.97 Å². The second-order valence-electron chi connectivity index (χ2n) is 8.91. The number of hydrogen-bond donors (Lipinski definition) is 2. The zero-order valence-electron chi connectivity index (χ0n) is 18.1. The van der Waals surface area contributed by atoms with E-state index in [1.165, 1.54) is 20.0 Å². The number of aliphatic hydroxyl groups is 2. The predicted molar refractivity (Wildman–Crippen MR) is 118 cm³/mol. The van der Waals surface area contributed by atoms with E-state index in [4.69, 9.17) is 9.47 Å². The van der Waals surface area contributed by atoms with Crippen LogP contribution in [0, 0.1) is 17.8 Å². The summed E-state index contributed by atoms with van der Waals surface area (Å²) in [5.74, 6) is 0.663. The molecule has 2 fully saturated rings. The van der Waals surface area contributed by atoms with Crippen LogP contribution in [0.5, 0.6) is 0 Å². The Balaban J connectivity index is 1.81. The normalized spacial score (nSPS) is 32.3. The second-order valence-corrected chi connectivity index (χ2v) is 10.1. The van der Waals surface area contributed by atoms with Crippen molar-refractivity contribution in [2.45, 2.75) is 101 Å². The molecule has 1 aliphatic carbocycles. The molecule has 8 atom stereocenters. The van der Waals surface area contributed by atoms with Crippen LogP contribution in [0.25, 0.3) is 0 Å². The minimum Gasteiger partial charge on any atom is -0.469 e. The summed E-state index contributed by atoms with van der Waals surface area (Å²) < 4.78 is 10.9. The van der Waals surface area contributed by atoms with Gasteiger partial charge in [0.2, 0.25) is 0 Å². The number of carbonyl (C=O) groups excluding carboxylic acids is 1. The van der Waals surface area contributed by atoms with Crippen molar-refractivity contribution in [3.8, 4) is 0 Å². The van der Waals surface area contributed by atoms with Crippen LogP contribution >= 0.6 is 15.9 Å². The van der Waals surface area contributed by atoms with Gasteiger partial charge in [-0.2, -0.15) is 0 Å². The summed E-state index contributed by atoms with van der Waals surface area (Å²) in [5, 5.41) is 20.8. The topological polar surface area (TPSA) is 76.0 Å². The SMILES string of the molecule is CCCC[C@H](C)C[C@H](O)C=C[C@@H]1[C@H]2CC(C(Br)CCCC(=O)OC)O[C@@H]2C[C@H]1O. The molecule has 2 unspecified atom stereocenters. The molecule has 1 saturated carbocycles. The number of unbranched alkanes of at least 4 members (excludes halogenated alkanes) is 1. The Kier molecular flexibility index (Phi) is 10.6. The minimum absolute atomic E-state index is 0.0420. The van der Waals surface area contributed by atoms with Gasteiger partial charge in [-0.05, 0) is 37.5 Å². The fraction of sp³-hybridized carbons (Fsp3) is 0.870. The van der Waals surface area contributed by atoms with Crippen molar-refractivity contribution in [3.63, 3.8) is 0 Å². The molecule has 0 amide bonds. The summed E-state index contributed by atoms with van der Waals surface area (Å²) in [6.45, 7) is 4.38. The van der Waals surface area contributed by atoms with Gasteiger partial charge in [-0.15, -0.1) is 0 Å². The first kappa shape index (κ1) is 24.8. The highest BCUT2D eigenvalue weighted by Crippen LogP contribution is 2.46. The number of esters is 1. The van der Waals surface area contributed by atoms with Gasteiger partial charge in [-0.25, -0.2) is 0 Å². The molecule has 5 nitrogen and oxygen atoms in total. The minimum atomic E-state index is -0.450. The largest absolute Gasteiger partial charge is 0.469 e. The van der Waals surface area contributed by atoms with Gasteiger partial charge in [0.05, 0.1) is 31.5 Å². The maximum atomic E-state index is 11.3. The average Bonchev–Trinajstić information content (AvgIpc) is 3.21. The van der Waals surface area contributed by atoms with E-state index in [9.17, 15) is 15.0 Å². The Bertz CT molecular complexity index is 525. The molecule has 0 bridgehead atoms. The number of carbonyl (C=O) groups is 1. The quantitative estimate of drug-likeness (QED) is 0.249. The molecule has 2 N–H and O–H groups in total. The average molecular weight is 475 g/mol. The summed E-state index contributed by atoms with van der Waals surface area (Å²) >= 11 is 3.73. The highest BCUT2D eigenvalue weighted by Gasteiger charge is 2.49. The Labute approximate surface area is 184 Å². The highest BCUT2D eigenvalue weighted by molar-refractivity contribution is 9.09. The zero-order valence-corrected chi connectivity index (χ0v) is 19.7. The lowest BCUT2D eigenvalue weighted by molar-refractivity contribution is -0.140. The monoisotopic (exact) mass is 474 g/mol. The number of fused-ring (bicyclic) bond motifs is 1. The van der Waals surface area contributed by atoms with E-state index >= 15 is 0 Å². The molecule has 29 heavy (non-hydrogen) atoms. The number of ether oxygens (including phenoxy) is 2. The predicted octanol–water partition coefficient (Wildman–Crippen LogP) is 4.38. The van der Waals surface area contributed by atoms with Crippen molar-refractivity contribution in [3.05, 3.63) is 12.2 Å². The van der Waals surface area contributed by atoms with Gasteiger partial charge in [-0.3, -0.25) is 4.79 Å². The summed E-state index contributed by atoms with van der Waals surface area (Å²) in [6, 6.07) is 0. The van der Waals surface area contributed by atoms with Crippen LogP contribution in [0.2, 0.25) is 0 Å². The van der Waals surface area contributed by atoms with E-state index in [-0.39, 0.29) is 34.8 Å². The molecule has 1 heterocycles. The zero-order chi connectivity index (χ0) is 21.4. The van der Waals surface area contributed by atoms with Crippen molar-refractivity contribution < 1.29 is 24.5 Å². The smallest absolute Gasteiger partial charge is 0.305 e. The number of hydrogen-bond acceptors (Lipinski definition) is 5. The highest BCUT2D eigenvalue weighted by atomic mass is 79.9. The molecule has 0 spiro atoms. The molecule has 1 saturated heterocycles. The molecule has 0 aromatic heterocycles. The Morgan fingerprint density at radius 2 is 2.07 bits per heavy atom. The molecule has 0 aromatic rings. The fourth-order valence-electron chi connectivity index (χ4n) is 4.77. The van der Waals surface area contributed by atoms with Crippen LogP contribution in [0.3, 0.4) is 0 Å². The van der Waals surface area contributed by atoms with Crippen LogP contribution in [0.15, 0.2) is 12.2 Å². The molecular formula is C23H39BrO5. The van der Waals surface area contributed by atoms with Gasteiger partial charge in [0.15, 0.2) is 0 Å². The van der Waals surface area contributed by atoms with Crippen LogP contribution in [0.1, 0.15) is 71.6 Å². The molecule has 168 valence electrons. The first-order valence-electron chi connectivity index (χ1n) is 11.3. The van der Waals surface area contributed by atoms with E-state index in [1.807, 2.05) is 12.2 Å². The van der Waals surface area contributed by atoms with Crippen molar-refractivity contribution in [1.82, 2.24) is 0 Å². The molecule has 2 aliphatic rings. The number of methoxy groups -OCH3 is 1. The standard InChI is InChI=1S/C23H39BrO5/c1-4-5-7-15(2)12-16(25)10-11-17-18-13-22(29-21(18)14-20(17)26)19(24)8-6-9-23(27)28-3/h10-11,15-22,25-26H,4-9,12-14H2,1-3H3/t15-,16+,17+,18+,19?,20+,21+,22?/m0/s1. The lowest BCUT2D eigenvalue weighted by Gasteiger charge is -2.21. The lowest BCUT2D eigenvalue weighted by atomic mass is 9.88. The summed E-state index contributed by atoms with van der Waals surface area (Å²) in [6.07, 6.45) is 11.2. The lowest BCUT2D eigenvalue weighted by Crippen LogP contribution is -2.24. The maximum Gasteiger partial charge on any atom is 0.305 e.